The van der Waals surface area contributed by atoms with Crippen molar-refractivity contribution in [2.24, 2.45) is 4.99 Å². The zero-order valence-electron chi connectivity index (χ0n) is 18.5. The maximum Gasteiger partial charge on any atom is 0.130 e. The van der Waals surface area contributed by atoms with Gasteiger partial charge in [0.05, 0.1) is 5.69 Å². The van der Waals surface area contributed by atoms with Gasteiger partial charge in [-0.1, -0.05) is 31.2 Å². The van der Waals surface area contributed by atoms with Gasteiger partial charge < -0.3 is 9.64 Å². The summed E-state index contributed by atoms with van der Waals surface area (Å²) in [6.45, 7) is 9.00. The standard InChI is InChI=1S/C27H30N2O/c1-19-8-6-7-9-26(19)30-23-13-11-22(12-14-23)28-18-21-10-15-25-24(16-21)20(2)17-27(3,4)29(25)5/h6-16,18,20H,17H2,1-5H3. The highest BCUT2D eigenvalue weighted by Gasteiger charge is 2.33. The number of hydrogen-bond acceptors (Lipinski definition) is 3. The lowest BCUT2D eigenvalue weighted by Gasteiger charge is -2.45. The molecule has 0 N–H and O–H groups in total. The van der Waals surface area contributed by atoms with Crippen molar-refractivity contribution in [1.82, 2.24) is 0 Å². The number of aliphatic imine (C=N–C) groups is 1. The summed E-state index contributed by atoms with van der Waals surface area (Å²) in [6.07, 6.45) is 3.10. The number of ether oxygens (including phenoxy) is 1. The van der Waals surface area contributed by atoms with E-state index in [1.54, 1.807) is 0 Å². The number of benzene rings is 3. The Morgan fingerprint density at radius 1 is 1.03 bits per heavy atom. The maximum atomic E-state index is 5.97. The molecule has 3 aromatic rings. The molecule has 0 spiro atoms. The van der Waals surface area contributed by atoms with Gasteiger partial charge in [-0.05, 0) is 92.3 Å². The predicted molar refractivity (Wildman–Crippen MR) is 127 cm³/mol. The van der Waals surface area contributed by atoms with E-state index in [0.717, 1.165) is 34.7 Å². The van der Waals surface area contributed by atoms with Crippen molar-refractivity contribution in [2.75, 3.05) is 11.9 Å². The molecule has 3 heteroatoms. The summed E-state index contributed by atoms with van der Waals surface area (Å²) in [5.41, 5.74) is 6.08. The molecule has 0 aromatic heterocycles. The van der Waals surface area contributed by atoms with Crippen LogP contribution in [0.4, 0.5) is 11.4 Å². The molecule has 30 heavy (non-hydrogen) atoms. The van der Waals surface area contributed by atoms with Crippen LogP contribution in [0.2, 0.25) is 0 Å². The minimum atomic E-state index is 0.185. The number of hydrogen-bond donors (Lipinski definition) is 0. The summed E-state index contributed by atoms with van der Waals surface area (Å²) in [7, 11) is 2.19. The molecule has 1 aliphatic heterocycles. The molecular weight excluding hydrogens is 368 g/mol. The van der Waals surface area contributed by atoms with Gasteiger partial charge in [0.2, 0.25) is 0 Å². The number of para-hydroxylation sites is 1. The molecule has 1 aliphatic rings. The Kier molecular flexibility index (Phi) is 5.38. The Balaban J connectivity index is 1.49. The van der Waals surface area contributed by atoms with E-state index in [1.165, 1.54) is 11.3 Å². The smallest absolute Gasteiger partial charge is 0.130 e. The first kappa shape index (κ1) is 20.2. The second-order valence-electron chi connectivity index (χ2n) is 8.91. The summed E-state index contributed by atoms with van der Waals surface area (Å²) >= 11 is 0. The lowest BCUT2D eigenvalue weighted by Crippen LogP contribution is -2.45. The van der Waals surface area contributed by atoms with Crippen LogP contribution < -0.4 is 9.64 Å². The molecule has 0 saturated carbocycles. The molecule has 0 amide bonds. The van der Waals surface area contributed by atoms with Crippen LogP contribution in [0, 0.1) is 6.92 Å². The highest BCUT2D eigenvalue weighted by atomic mass is 16.5. The van der Waals surface area contributed by atoms with Gasteiger partial charge in [0.1, 0.15) is 11.5 Å². The zero-order valence-corrected chi connectivity index (χ0v) is 18.5. The molecule has 1 heterocycles. The van der Waals surface area contributed by atoms with Crippen LogP contribution in [-0.4, -0.2) is 18.8 Å². The van der Waals surface area contributed by atoms with Crippen LogP contribution in [0.1, 0.15) is 49.8 Å². The Labute approximate surface area is 180 Å². The molecule has 154 valence electrons. The van der Waals surface area contributed by atoms with Gasteiger partial charge >= 0.3 is 0 Å². The fourth-order valence-electron chi connectivity index (χ4n) is 4.22. The van der Waals surface area contributed by atoms with Gasteiger partial charge in [-0.2, -0.15) is 0 Å². The Bertz CT molecular complexity index is 1070. The van der Waals surface area contributed by atoms with Crippen molar-refractivity contribution < 1.29 is 4.74 Å². The first-order chi connectivity index (χ1) is 14.3. The highest BCUT2D eigenvalue weighted by molar-refractivity contribution is 5.83. The second kappa shape index (κ2) is 7.98. The third kappa shape index (κ3) is 4.11. The Hall–Kier alpha value is -3.07. The van der Waals surface area contributed by atoms with Crippen molar-refractivity contribution in [3.05, 3.63) is 83.4 Å². The van der Waals surface area contributed by atoms with E-state index in [2.05, 4.69) is 55.9 Å². The summed E-state index contributed by atoms with van der Waals surface area (Å²) in [6, 6.07) is 22.6. The van der Waals surface area contributed by atoms with Crippen LogP contribution >= 0.6 is 0 Å². The number of aryl methyl sites for hydroxylation is 1. The van der Waals surface area contributed by atoms with E-state index in [4.69, 9.17) is 4.74 Å². The monoisotopic (exact) mass is 398 g/mol. The quantitative estimate of drug-likeness (QED) is 0.432. The van der Waals surface area contributed by atoms with E-state index in [-0.39, 0.29) is 5.54 Å². The summed E-state index contributed by atoms with van der Waals surface area (Å²) in [4.78, 5) is 7.07. The van der Waals surface area contributed by atoms with Gasteiger partial charge in [0, 0.05) is 24.5 Å². The lowest BCUT2D eigenvalue weighted by molar-refractivity contribution is 0.395. The van der Waals surface area contributed by atoms with Crippen molar-refractivity contribution in [3.63, 3.8) is 0 Å². The SMILES string of the molecule is Cc1ccccc1Oc1ccc(N=Cc2ccc3c(c2)C(C)CC(C)(C)N3C)cc1. The fourth-order valence-corrected chi connectivity index (χ4v) is 4.22. The molecule has 1 atom stereocenters. The second-order valence-corrected chi connectivity index (χ2v) is 8.91. The summed E-state index contributed by atoms with van der Waals surface area (Å²) in [5.74, 6) is 2.24. The number of rotatable bonds is 4. The Morgan fingerprint density at radius 2 is 1.77 bits per heavy atom. The van der Waals surface area contributed by atoms with Crippen LogP contribution in [-0.2, 0) is 0 Å². The van der Waals surface area contributed by atoms with Crippen LogP contribution in [0.3, 0.4) is 0 Å². The van der Waals surface area contributed by atoms with Crippen molar-refractivity contribution in [3.8, 4) is 11.5 Å². The number of fused-ring (bicyclic) bond motifs is 1. The van der Waals surface area contributed by atoms with Crippen LogP contribution in [0.25, 0.3) is 0 Å². The Morgan fingerprint density at radius 3 is 2.50 bits per heavy atom. The molecule has 4 rings (SSSR count). The van der Waals surface area contributed by atoms with Gasteiger partial charge in [-0.3, -0.25) is 4.99 Å². The van der Waals surface area contributed by atoms with E-state index >= 15 is 0 Å². The zero-order chi connectivity index (χ0) is 21.3. The summed E-state index contributed by atoms with van der Waals surface area (Å²) in [5, 5.41) is 0. The van der Waals surface area contributed by atoms with E-state index in [1.807, 2.05) is 61.7 Å². The summed E-state index contributed by atoms with van der Waals surface area (Å²) < 4.78 is 5.97. The van der Waals surface area contributed by atoms with E-state index in [0.29, 0.717) is 5.92 Å². The van der Waals surface area contributed by atoms with Crippen molar-refractivity contribution in [1.29, 1.82) is 0 Å². The first-order valence-corrected chi connectivity index (χ1v) is 10.6. The maximum absolute atomic E-state index is 5.97. The molecular formula is C27H30N2O. The molecule has 0 aliphatic carbocycles. The average Bonchev–Trinajstić information content (AvgIpc) is 2.73. The minimum absolute atomic E-state index is 0.185. The first-order valence-electron chi connectivity index (χ1n) is 10.6. The van der Waals surface area contributed by atoms with E-state index in [9.17, 15) is 0 Å². The lowest BCUT2D eigenvalue weighted by atomic mass is 9.80. The molecule has 0 radical (unpaired) electrons. The van der Waals surface area contributed by atoms with Crippen LogP contribution in [0.15, 0.2) is 71.7 Å². The fraction of sp³-hybridized carbons (Fsp3) is 0.296. The highest BCUT2D eigenvalue weighted by Crippen LogP contribution is 2.42. The molecule has 0 saturated heterocycles. The van der Waals surface area contributed by atoms with Gasteiger partial charge in [-0.15, -0.1) is 0 Å². The van der Waals surface area contributed by atoms with Gasteiger partial charge in [0.15, 0.2) is 0 Å². The predicted octanol–water partition coefficient (Wildman–Crippen LogP) is 7.26. The minimum Gasteiger partial charge on any atom is -0.457 e. The number of anilines is 1. The van der Waals surface area contributed by atoms with Crippen LogP contribution in [0.5, 0.6) is 11.5 Å². The molecule has 3 aromatic carbocycles. The van der Waals surface area contributed by atoms with Gasteiger partial charge in [-0.25, -0.2) is 0 Å². The molecule has 1 unspecified atom stereocenters. The largest absolute Gasteiger partial charge is 0.457 e. The van der Waals surface area contributed by atoms with Crippen molar-refractivity contribution >= 4 is 17.6 Å². The topological polar surface area (TPSA) is 24.8 Å². The molecule has 3 nitrogen and oxygen atoms in total. The third-order valence-electron chi connectivity index (χ3n) is 6.18. The normalized spacial score (nSPS) is 17.8. The molecule has 0 fully saturated rings. The molecule has 0 bridgehead atoms. The van der Waals surface area contributed by atoms with Crippen molar-refractivity contribution in [2.45, 2.75) is 45.6 Å². The van der Waals surface area contributed by atoms with Gasteiger partial charge in [0.25, 0.3) is 0 Å². The average molecular weight is 399 g/mol. The number of nitrogens with zero attached hydrogens (tertiary/aromatic N) is 2. The van der Waals surface area contributed by atoms with E-state index < -0.39 is 0 Å². The third-order valence-corrected chi connectivity index (χ3v) is 6.18.